The van der Waals surface area contributed by atoms with Crippen molar-refractivity contribution < 1.29 is 28.7 Å². The van der Waals surface area contributed by atoms with Crippen molar-refractivity contribution in [1.82, 2.24) is 0 Å². The van der Waals surface area contributed by atoms with Gasteiger partial charge in [-0.2, -0.15) is 0 Å². The van der Waals surface area contributed by atoms with E-state index in [1.165, 1.54) is 30.3 Å². The zero-order chi connectivity index (χ0) is 25.8. The molecule has 0 saturated heterocycles. The van der Waals surface area contributed by atoms with Gasteiger partial charge in [0.25, 0.3) is 5.69 Å². The minimum atomic E-state index is -0.781. The molecule has 1 heterocycles. The number of cyclic esters (lactones) is 1. The maximum absolute atomic E-state index is 12.6. The van der Waals surface area contributed by atoms with Crippen LogP contribution in [0.15, 0.2) is 71.4 Å². The third-order valence-electron chi connectivity index (χ3n) is 5.11. The van der Waals surface area contributed by atoms with Gasteiger partial charge in [0.05, 0.1) is 17.1 Å². The molecule has 3 aromatic carbocycles. The number of halogens is 1. The van der Waals surface area contributed by atoms with Crippen LogP contribution in [0.3, 0.4) is 0 Å². The lowest BCUT2D eigenvalue weighted by Gasteiger charge is -2.11. The molecule has 1 aliphatic heterocycles. The third kappa shape index (κ3) is 5.42. The molecule has 0 aromatic heterocycles. The van der Waals surface area contributed by atoms with E-state index in [0.29, 0.717) is 16.1 Å². The number of hydrogen-bond donors (Lipinski definition) is 0. The van der Waals surface area contributed by atoms with Gasteiger partial charge < -0.3 is 14.2 Å². The summed E-state index contributed by atoms with van der Waals surface area (Å²) in [5.41, 5.74) is 1.87. The number of benzene rings is 3. The van der Waals surface area contributed by atoms with Crippen molar-refractivity contribution in [1.29, 1.82) is 0 Å². The number of nitro benzene ring substituents is 1. The zero-order valence-corrected chi connectivity index (χ0v) is 19.9. The van der Waals surface area contributed by atoms with Gasteiger partial charge in [-0.25, -0.2) is 14.6 Å². The summed E-state index contributed by atoms with van der Waals surface area (Å²) in [6, 6.07) is 15.1. The fourth-order valence-electron chi connectivity index (χ4n) is 3.29. The normalized spacial score (nSPS) is 13.8. The highest BCUT2D eigenvalue weighted by Gasteiger charge is 2.25. The van der Waals surface area contributed by atoms with E-state index in [2.05, 4.69) is 4.99 Å². The highest BCUT2D eigenvalue weighted by molar-refractivity contribution is 6.31. The standard InChI is InChI=1S/C26H19ClN2O7/c1-3-34-23-12-16(8-10-22(23)35-25(30)18-5-4-6-19(13-18)29(32)33)11-21-26(31)36-24(28-21)17-9-7-15(2)20(27)14-17/h4-14H,3H2,1-2H3/b21-11-. The van der Waals surface area contributed by atoms with Crippen molar-refractivity contribution in [3.63, 3.8) is 0 Å². The summed E-state index contributed by atoms with van der Waals surface area (Å²) in [7, 11) is 0. The summed E-state index contributed by atoms with van der Waals surface area (Å²) in [6.45, 7) is 3.90. The van der Waals surface area contributed by atoms with Gasteiger partial charge in [0.2, 0.25) is 5.90 Å². The maximum Gasteiger partial charge on any atom is 0.363 e. The summed E-state index contributed by atoms with van der Waals surface area (Å²) in [4.78, 5) is 39.6. The fourth-order valence-corrected chi connectivity index (χ4v) is 3.47. The van der Waals surface area contributed by atoms with Crippen LogP contribution in [0.1, 0.15) is 34.0 Å². The molecule has 9 nitrogen and oxygen atoms in total. The SMILES string of the molecule is CCOc1cc(/C=C2\N=C(c3ccc(C)c(Cl)c3)OC2=O)ccc1OC(=O)c1cccc([N+](=O)[O-])c1. The van der Waals surface area contributed by atoms with Gasteiger partial charge in [-0.1, -0.05) is 29.8 Å². The highest BCUT2D eigenvalue weighted by atomic mass is 35.5. The lowest BCUT2D eigenvalue weighted by Crippen LogP contribution is -2.10. The van der Waals surface area contributed by atoms with E-state index in [-0.39, 0.29) is 41.0 Å². The molecule has 0 aliphatic carbocycles. The number of nitro groups is 1. The van der Waals surface area contributed by atoms with Gasteiger partial charge in [0, 0.05) is 22.7 Å². The van der Waals surface area contributed by atoms with Gasteiger partial charge in [0.1, 0.15) is 0 Å². The molecule has 36 heavy (non-hydrogen) atoms. The lowest BCUT2D eigenvalue weighted by atomic mass is 10.1. The minimum Gasteiger partial charge on any atom is -0.490 e. The Kier molecular flexibility index (Phi) is 7.12. The Balaban J connectivity index is 1.59. The Morgan fingerprint density at radius 3 is 2.67 bits per heavy atom. The molecular formula is C26H19ClN2O7. The lowest BCUT2D eigenvalue weighted by molar-refractivity contribution is -0.384. The molecule has 0 saturated carbocycles. The summed E-state index contributed by atoms with van der Waals surface area (Å²) < 4.78 is 16.3. The topological polar surface area (TPSA) is 117 Å². The summed E-state index contributed by atoms with van der Waals surface area (Å²) in [6.07, 6.45) is 1.51. The molecule has 0 spiro atoms. The minimum absolute atomic E-state index is 0.0182. The smallest absolute Gasteiger partial charge is 0.363 e. The van der Waals surface area contributed by atoms with Crippen LogP contribution in [0.4, 0.5) is 5.69 Å². The monoisotopic (exact) mass is 506 g/mol. The summed E-state index contributed by atoms with van der Waals surface area (Å²) in [5, 5.41) is 11.5. The number of esters is 2. The van der Waals surface area contributed by atoms with Crippen molar-refractivity contribution in [2.45, 2.75) is 13.8 Å². The van der Waals surface area contributed by atoms with E-state index in [9.17, 15) is 19.7 Å². The van der Waals surface area contributed by atoms with Crippen LogP contribution < -0.4 is 9.47 Å². The van der Waals surface area contributed by atoms with Crippen LogP contribution in [0, 0.1) is 17.0 Å². The van der Waals surface area contributed by atoms with Crippen LogP contribution in [0.2, 0.25) is 5.02 Å². The van der Waals surface area contributed by atoms with Crippen LogP contribution >= 0.6 is 11.6 Å². The van der Waals surface area contributed by atoms with Crippen molar-refractivity contribution in [2.75, 3.05) is 6.61 Å². The highest BCUT2D eigenvalue weighted by Crippen LogP contribution is 2.31. The van der Waals surface area contributed by atoms with E-state index >= 15 is 0 Å². The van der Waals surface area contributed by atoms with Gasteiger partial charge >= 0.3 is 11.9 Å². The number of nitrogens with zero attached hydrogens (tertiary/aromatic N) is 2. The van der Waals surface area contributed by atoms with Gasteiger partial charge in [-0.05, 0) is 61.4 Å². The van der Waals surface area contributed by atoms with Gasteiger partial charge in [-0.3, -0.25) is 10.1 Å². The molecule has 0 radical (unpaired) electrons. The Bertz CT molecular complexity index is 1450. The molecule has 1 aliphatic rings. The Morgan fingerprint density at radius 1 is 1.14 bits per heavy atom. The summed E-state index contributed by atoms with van der Waals surface area (Å²) in [5.74, 6) is -0.910. The van der Waals surface area contributed by atoms with Crippen molar-refractivity contribution >= 4 is 41.2 Å². The number of carbonyl (C=O) groups excluding carboxylic acids is 2. The van der Waals surface area contributed by atoms with E-state index in [1.807, 2.05) is 6.92 Å². The van der Waals surface area contributed by atoms with Crippen LogP contribution in [0.5, 0.6) is 11.5 Å². The van der Waals surface area contributed by atoms with Crippen molar-refractivity contribution in [2.24, 2.45) is 4.99 Å². The van der Waals surface area contributed by atoms with Gasteiger partial charge in [-0.15, -0.1) is 0 Å². The van der Waals surface area contributed by atoms with E-state index in [4.69, 9.17) is 25.8 Å². The predicted molar refractivity (Wildman–Crippen MR) is 132 cm³/mol. The number of non-ortho nitro benzene ring substituents is 1. The van der Waals surface area contributed by atoms with E-state index in [0.717, 1.165) is 11.6 Å². The Morgan fingerprint density at radius 2 is 1.94 bits per heavy atom. The van der Waals surface area contributed by atoms with Crippen LogP contribution in [-0.4, -0.2) is 29.4 Å². The second-order valence-corrected chi connectivity index (χ2v) is 8.04. The molecule has 0 bridgehead atoms. The number of carbonyl (C=O) groups is 2. The molecule has 10 heteroatoms. The second kappa shape index (κ2) is 10.4. The molecule has 3 aromatic rings. The van der Waals surface area contributed by atoms with Gasteiger partial charge in [0.15, 0.2) is 17.2 Å². The number of hydrogen-bond acceptors (Lipinski definition) is 8. The molecule has 0 unspecified atom stereocenters. The molecule has 0 N–H and O–H groups in total. The second-order valence-electron chi connectivity index (χ2n) is 7.64. The van der Waals surface area contributed by atoms with E-state index in [1.54, 1.807) is 37.3 Å². The molecule has 4 rings (SSSR count). The number of rotatable bonds is 7. The van der Waals surface area contributed by atoms with Crippen molar-refractivity contribution in [3.8, 4) is 11.5 Å². The van der Waals surface area contributed by atoms with Crippen molar-refractivity contribution in [3.05, 3.63) is 104 Å². The maximum atomic E-state index is 12.6. The average Bonchev–Trinajstić information content (AvgIpc) is 3.22. The fraction of sp³-hybridized carbons (Fsp3) is 0.115. The largest absolute Gasteiger partial charge is 0.490 e. The Hall–Kier alpha value is -4.50. The third-order valence-corrected chi connectivity index (χ3v) is 5.51. The zero-order valence-electron chi connectivity index (χ0n) is 19.2. The number of aryl methyl sites for hydroxylation is 1. The molecule has 0 amide bonds. The summed E-state index contributed by atoms with van der Waals surface area (Å²) >= 11 is 6.16. The first-order valence-electron chi connectivity index (χ1n) is 10.8. The number of ether oxygens (including phenoxy) is 3. The Labute approximate surface area is 210 Å². The number of aliphatic imine (C=N–C) groups is 1. The first-order valence-corrected chi connectivity index (χ1v) is 11.2. The predicted octanol–water partition coefficient (Wildman–Crippen LogP) is 5.52. The molecule has 0 atom stereocenters. The average molecular weight is 507 g/mol. The molecule has 182 valence electrons. The molecular weight excluding hydrogens is 488 g/mol. The quantitative estimate of drug-likeness (QED) is 0.136. The molecule has 0 fully saturated rings. The first kappa shape index (κ1) is 24.6. The van der Waals surface area contributed by atoms with Crippen LogP contribution in [-0.2, 0) is 9.53 Å². The van der Waals surface area contributed by atoms with Crippen LogP contribution in [0.25, 0.3) is 6.08 Å². The first-order chi connectivity index (χ1) is 17.2. The van der Waals surface area contributed by atoms with E-state index < -0.39 is 16.9 Å².